The zero-order chi connectivity index (χ0) is 23.2. The first-order valence-corrected chi connectivity index (χ1v) is 11.2. The molecule has 0 saturated carbocycles. The molecule has 172 valence electrons. The van der Waals surface area contributed by atoms with Gasteiger partial charge in [-0.1, -0.05) is 36.4 Å². The second-order valence-electron chi connectivity index (χ2n) is 8.15. The summed E-state index contributed by atoms with van der Waals surface area (Å²) in [7, 11) is 1.69. The minimum absolute atomic E-state index is 0.124. The van der Waals surface area contributed by atoms with Crippen LogP contribution in [0.25, 0.3) is 22.3 Å². The number of nitrogens with two attached hydrogens (primary N) is 1. The minimum Gasteiger partial charge on any atom is -0.456 e. The highest BCUT2D eigenvalue weighted by Gasteiger charge is 2.21. The molecule has 2 aromatic carbocycles. The van der Waals surface area contributed by atoms with E-state index in [1.165, 1.54) is 0 Å². The van der Waals surface area contributed by atoms with Gasteiger partial charge in [0.25, 0.3) is 5.91 Å². The average molecular weight is 447 g/mol. The summed E-state index contributed by atoms with van der Waals surface area (Å²) < 4.78 is 6.00. The summed E-state index contributed by atoms with van der Waals surface area (Å²) in [6, 6.07) is 17.8. The highest BCUT2D eigenvalue weighted by atomic mass is 16.3. The van der Waals surface area contributed by atoms with E-state index in [1.807, 2.05) is 54.6 Å². The van der Waals surface area contributed by atoms with Crippen LogP contribution in [-0.4, -0.2) is 72.9 Å². The summed E-state index contributed by atoms with van der Waals surface area (Å²) >= 11 is 0. The van der Waals surface area contributed by atoms with Crippen molar-refractivity contribution < 1.29 is 14.3 Å². The molecule has 1 aliphatic rings. The smallest absolute Gasteiger partial charge is 0.269 e. The van der Waals surface area contributed by atoms with Crippen molar-refractivity contribution in [1.82, 2.24) is 9.80 Å². The molecular weight excluding hydrogens is 416 g/mol. The van der Waals surface area contributed by atoms with Crippen LogP contribution in [0.1, 0.15) is 12.0 Å². The Morgan fingerprint density at radius 1 is 1.12 bits per heavy atom. The summed E-state index contributed by atoms with van der Waals surface area (Å²) in [6.07, 6.45) is 2.50. The zero-order valence-corrected chi connectivity index (χ0v) is 18.9. The molecular formula is C26H30N4O3. The van der Waals surface area contributed by atoms with Crippen molar-refractivity contribution in [3.05, 3.63) is 71.9 Å². The number of carbonyl (C=O) groups excluding carboxylic acids is 1. The molecule has 1 fully saturated rings. The van der Waals surface area contributed by atoms with Crippen LogP contribution >= 0.6 is 0 Å². The number of para-hydroxylation sites is 1. The fourth-order valence-corrected chi connectivity index (χ4v) is 4.16. The molecule has 3 aromatic rings. The van der Waals surface area contributed by atoms with E-state index in [1.54, 1.807) is 18.0 Å². The number of hydrogen-bond acceptors (Lipinski definition) is 6. The van der Waals surface area contributed by atoms with Gasteiger partial charge in [-0.3, -0.25) is 14.7 Å². The number of benzene rings is 2. The largest absolute Gasteiger partial charge is 0.456 e. The lowest BCUT2D eigenvalue weighted by atomic mass is 10.0. The van der Waals surface area contributed by atoms with Gasteiger partial charge in [0.2, 0.25) is 0 Å². The molecule has 4 rings (SSSR count). The van der Waals surface area contributed by atoms with Crippen LogP contribution in [0.3, 0.4) is 0 Å². The SMILES string of the molecule is CN=C(C=C(N)C(=O)N1CCCN(CCO)CC1)c1cccc(-c2cc3ccccc3o2)c1. The van der Waals surface area contributed by atoms with Gasteiger partial charge in [0.1, 0.15) is 11.3 Å². The Morgan fingerprint density at radius 2 is 1.97 bits per heavy atom. The highest BCUT2D eigenvalue weighted by molar-refractivity contribution is 6.12. The number of nitrogens with zero attached hydrogens (tertiary/aromatic N) is 3. The molecule has 0 radical (unpaired) electrons. The van der Waals surface area contributed by atoms with Gasteiger partial charge in [-0.05, 0) is 37.2 Å². The lowest BCUT2D eigenvalue weighted by Crippen LogP contribution is -2.38. The van der Waals surface area contributed by atoms with Crippen molar-refractivity contribution in [3.8, 4) is 11.3 Å². The number of furan rings is 1. The van der Waals surface area contributed by atoms with E-state index in [4.69, 9.17) is 15.3 Å². The Kier molecular flexibility index (Phi) is 7.22. The second kappa shape index (κ2) is 10.5. The Balaban J connectivity index is 1.52. The number of aliphatic hydroxyl groups is 1. The van der Waals surface area contributed by atoms with Crippen molar-refractivity contribution in [2.24, 2.45) is 10.7 Å². The van der Waals surface area contributed by atoms with Crippen molar-refractivity contribution in [3.63, 3.8) is 0 Å². The van der Waals surface area contributed by atoms with E-state index in [0.717, 1.165) is 47.4 Å². The first-order valence-electron chi connectivity index (χ1n) is 11.2. The molecule has 0 bridgehead atoms. The fourth-order valence-electron chi connectivity index (χ4n) is 4.16. The van der Waals surface area contributed by atoms with Crippen molar-refractivity contribution >= 4 is 22.6 Å². The number of carbonyl (C=O) groups is 1. The van der Waals surface area contributed by atoms with Gasteiger partial charge in [0.15, 0.2) is 0 Å². The maximum absolute atomic E-state index is 13.0. The predicted molar refractivity (Wildman–Crippen MR) is 131 cm³/mol. The van der Waals surface area contributed by atoms with Gasteiger partial charge >= 0.3 is 0 Å². The van der Waals surface area contributed by atoms with Crippen molar-refractivity contribution in [2.45, 2.75) is 6.42 Å². The van der Waals surface area contributed by atoms with Crippen LogP contribution in [-0.2, 0) is 4.79 Å². The number of amides is 1. The molecule has 1 aliphatic heterocycles. The number of fused-ring (bicyclic) bond motifs is 1. The number of hydrogen-bond donors (Lipinski definition) is 2. The standard InChI is InChI=1S/C26H30N4O3/c1-28-23(18-22(27)26(32)30-11-5-10-29(12-13-30)14-15-31)19-7-4-8-20(16-19)25-17-21-6-2-3-9-24(21)33-25/h2-4,6-9,16-18,31H,5,10-15,27H2,1H3. The number of aliphatic imine (C=N–C) groups is 1. The number of β-amino-alcohol motifs (C(OH)–C–C–N with tert-alkyl or cyclic N) is 1. The molecule has 1 amide bonds. The Labute approximate surface area is 193 Å². The minimum atomic E-state index is -0.185. The Hall–Kier alpha value is -3.42. The molecule has 7 nitrogen and oxygen atoms in total. The normalized spacial score (nSPS) is 16.2. The van der Waals surface area contributed by atoms with Crippen LogP contribution in [0.15, 0.2) is 75.8 Å². The first kappa shape index (κ1) is 22.8. The Morgan fingerprint density at radius 3 is 2.76 bits per heavy atom. The van der Waals surface area contributed by atoms with Crippen LogP contribution < -0.4 is 5.73 Å². The molecule has 1 aromatic heterocycles. The third kappa shape index (κ3) is 5.32. The summed E-state index contributed by atoms with van der Waals surface area (Å²) in [5, 5.41) is 10.2. The van der Waals surface area contributed by atoms with Gasteiger partial charge in [-0.15, -0.1) is 0 Å². The van der Waals surface area contributed by atoms with Gasteiger partial charge < -0.3 is 20.2 Å². The van der Waals surface area contributed by atoms with E-state index in [9.17, 15) is 4.79 Å². The third-order valence-corrected chi connectivity index (χ3v) is 5.94. The molecule has 0 spiro atoms. The van der Waals surface area contributed by atoms with E-state index in [2.05, 4.69) is 9.89 Å². The van der Waals surface area contributed by atoms with Crippen molar-refractivity contribution in [2.75, 3.05) is 46.4 Å². The lowest BCUT2D eigenvalue weighted by Gasteiger charge is -2.21. The quantitative estimate of drug-likeness (QED) is 0.448. The maximum Gasteiger partial charge on any atom is 0.269 e. The van der Waals surface area contributed by atoms with E-state index < -0.39 is 0 Å². The summed E-state index contributed by atoms with van der Waals surface area (Å²) in [6.45, 7) is 3.59. The van der Waals surface area contributed by atoms with E-state index in [0.29, 0.717) is 25.3 Å². The monoisotopic (exact) mass is 446 g/mol. The van der Waals surface area contributed by atoms with Gasteiger partial charge in [0.05, 0.1) is 18.0 Å². The zero-order valence-electron chi connectivity index (χ0n) is 18.9. The number of aliphatic hydroxyl groups excluding tert-OH is 1. The van der Waals surface area contributed by atoms with Crippen LogP contribution in [0.5, 0.6) is 0 Å². The van der Waals surface area contributed by atoms with Crippen LogP contribution in [0, 0.1) is 0 Å². The first-order chi connectivity index (χ1) is 16.1. The topological polar surface area (TPSA) is 95.3 Å². The Bertz CT molecular complexity index is 1150. The molecule has 1 saturated heterocycles. The maximum atomic E-state index is 13.0. The molecule has 0 aliphatic carbocycles. The summed E-state index contributed by atoms with van der Waals surface area (Å²) in [5.41, 5.74) is 9.65. The molecule has 2 heterocycles. The number of allylic oxidation sites excluding steroid dienone is 1. The van der Waals surface area contributed by atoms with Gasteiger partial charge in [0, 0.05) is 49.7 Å². The molecule has 0 atom stereocenters. The second-order valence-corrected chi connectivity index (χ2v) is 8.15. The van der Waals surface area contributed by atoms with Crippen molar-refractivity contribution in [1.29, 1.82) is 0 Å². The molecule has 33 heavy (non-hydrogen) atoms. The fraction of sp³-hybridized carbons (Fsp3) is 0.308. The van der Waals surface area contributed by atoms with Gasteiger partial charge in [-0.2, -0.15) is 0 Å². The van der Waals surface area contributed by atoms with E-state index in [-0.39, 0.29) is 18.2 Å². The molecule has 0 unspecified atom stereocenters. The van der Waals surface area contributed by atoms with Crippen LogP contribution in [0.4, 0.5) is 0 Å². The summed E-state index contributed by atoms with van der Waals surface area (Å²) in [4.78, 5) is 21.3. The number of rotatable bonds is 6. The van der Waals surface area contributed by atoms with E-state index >= 15 is 0 Å². The predicted octanol–water partition coefficient (Wildman–Crippen LogP) is 2.89. The van der Waals surface area contributed by atoms with Crippen LogP contribution in [0.2, 0.25) is 0 Å². The molecule has 3 N–H and O–H groups in total. The molecule has 7 heteroatoms. The highest BCUT2D eigenvalue weighted by Crippen LogP contribution is 2.28. The lowest BCUT2D eigenvalue weighted by molar-refractivity contribution is -0.127. The average Bonchev–Trinajstić information content (AvgIpc) is 3.15. The van der Waals surface area contributed by atoms with Gasteiger partial charge in [-0.25, -0.2) is 0 Å². The summed E-state index contributed by atoms with van der Waals surface area (Å²) in [5.74, 6) is 0.592. The third-order valence-electron chi connectivity index (χ3n) is 5.94.